The molecule has 1 amide bonds. The van der Waals surface area contributed by atoms with Crippen LogP contribution in [-0.4, -0.2) is 38.0 Å². The average molecular weight is 460 g/mol. The number of nitrogens with one attached hydrogen (secondary N) is 1. The van der Waals surface area contributed by atoms with Crippen LogP contribution >= 0.6 is 0 Å². The van der Waals surface area contributed by atoms with E-state index in [9.17, 15) is 30.8 Å². The maximum Gasteiger partial charge on any atom is 0.586 e. The molecular formula is C19H16F4N2O5S. The third-order valence-electron chi connectivity index (χ3n) is 5.02. The Balaban J connectivity index is 1.38. The highest BCUT2D eigenvalue weighted by Gasteiger charge is 2.43. The molecule has 7 nitrogen and oxygen atoms in total. The second-order valence-electron chi connectivity index (χ2n) is 7.07. The van der Waals surface area contributed by atoms with Crippen LogP contribution in [0.1, 0.15) is 12.8 Å². The number of fused-ring (bicyclic) bond motifs is 1. The van der Waals surface area contributed by atoms with E-state index in [-0.39, 0.29) is 48.0 Å². The number of benzene rings is 2. The van der Waals surface area contributed by atoms with Crippen LogP contribution in [0.5, 0.6) is 11.5 Å². The molecule has 2 heterocycles. The van der Waals surface area contributed by atoms with Crippen molar-refractivity contribution in [2.75, 3.05) is 18.4 Å². The van der Waals surface area contributed by atoms with E-state index in [0.29, 0.717) is 6.07 Å². The zero-order valence-corrected chi connectivity index (χ0v) is 16.6. The molecule has 2 aliphatic rings. The van der Waals surface area contributed by atoms with E-state index in [2.05, 4.69) is 14.8 Å². The number of rotatable bonds is 4. The van der Waals surface area contributed by atoms with Crippen molar-refractivity contribution < 1.29 is 40.2 Å². The summed E-state index contributed by atoms with van der Waals surface area (Å²) in [6.45, 7) is 0.0134. The van der Waals surface area contributed by atoms with Crippen molar-refractivity contribution in [2.24, 2.45) is 5.92 Å². The van der Waals surface area contributed by atoms with Gasteiger partial charge in [-0.05, 0) is 43.2 Å². The number of hydrogen-bond acceptors (Lipinski definition) is 5. The molecule has 4 rings (SSSR count). The molecule has 2 aromatic carbocycles. The molecule has 1 N–H and O–H groups in total. The van der Waals surface area contributed by atoms with Gasteiger partial charge in [0.25, 0.3) is 0 Å². The van der Waals surface area contributed by atoms with Crippen molar-refractivity contribution in [3.05, 3.63) is 48.0 Å². The quantitative estimate of drug-likeness (QED) is 0.708. The summed E-state index contributed by atoms with van der Waals surface area (Å²) in [7, 11) is -4.03. The lowest BCUT2D eigenvalue weighted by molar-refractivity contribution is -0.286. The van der Waals surface area contributed by atoms with Crippen LogP contribution in [0, 0.1) is 17.6 Å². The van der Waals surface area contributed by atoms with Crippen LogP contribution in [-0.2, 0) is 14.8 Å². The van der Waals surface area contributed by atoms with Gasteiger partial charge in [-0.15, -0.1) is 8.78 Å². The number of carbonyl (C=O) groups excluding carboxylic acids is 1. The van der Waals surface area contributed by atoms with E-state index in [4.69, 9.17) is 0 Å². The Kier molecular flexibility index (Phi) is 5.30. The number of carbonyl (C=O) groups is 1. The van der Waals surface area contributed by atoms with E-state index in [1.807, 2.05) is 0 Å². The van der Waals surface area contributed by atoms with Crippen molar-refractivity contribution in [1.29, 1.82) is 0 Å². The van der Waals surface area contributed by atoms with Crippen molar-refractivity contribution in [3.8, 4) is 11.5 Å². The number of sulfonamides is 1. The summed E-state index contributed by atoms with van der Waals surface area (Å²) in [6.07, 6.45) is -3.38. The molecule has 31 heavy (non-hydrogen) atoms. The fourth-order valence-corrected chi connectivity index (χ4v) is 4.90. The van der Waals surface area contributed by atoms with Crippen LogP contribution in [0.3, 0.4) is 0 Å². The summed E-state index contributed by atoms with van der Waals surface area (Å²) in [5.41, 5.74) is 0.224. The topological polar surface area (TPSA) is 84.9 Å². The minimum atomic E-state index is -4.03. The number of nitrogens with zero attached hydrogens (tertiary/aromatic N) is 1. The first-order valence-electron chi connectivity index (χ1n) is 9.21. The Labute approximate surface area is 174 Å². The number of alkyl halides is 2. The predicted molar refractivity (Wildman–Crippen MR) is 99.1 cm³/mol. The predicted octanol–water partition coefficient (Wildman–Crippen LogP) is 3.33. The SMILES string of the molecule is O=C(Nc1ccc2c(c1)OC(F)(F)O2)C1CCN(S(=O)(=O)c2ccc(F)c(F)c2)CC1. The molecule has 0 aromatic heterocycles. The first kappa shape index (κ1) is 21.4. The normalized spacial score (nSPS) is 18.7. The van der Waals surface area contributed by atoms with Gasteiger partial charge < -0.3 is 14.8 Å². The Morgan fingerprint density at radius 2 is 1.68 bits per heavy atom. The lowest BCUT2D eigenvalue weighted by atomic mass is 9.97. The maximum absolute atomic E-state index is 13.4. The number of halogens is 4. The largest absolute Gasteiger partial charge is 0.586 e. The van der Waals surface area contributed by atoms with Gasteiger partial charge in [-0.25, -0.2) is 17.2 Å². The summed E-state index contributed by atoms with van der Waals surface area (Å²) in [5, 5.41) is 2.59. The Morgan fingerprint density at radius 1 is 1.00 bits per heavy atom. The zero-order valence-electron chi connectivity index (χ0n) is 15.8. The van der Waals surface area contributed by atoms with Gasteiger partial charge in [-0.2, -0.15) is 4.31 Å². The second kappa shape index (κ2) is 7.68. The van der Waals surface area contributed by atoms with E-state index in [0.717, 1.165) is 16.4 Å². The highest BCUT2D eigenvalue weighted by molar-refractivity contribution is 7.89. The van der Waals surface area contributed by atoms with Gasteiger partial charge in [0.1, 0.15) is 0 Å². The summed E-state index contributed by atoms with van der Waals surface area (Å²) in [4.78, 5) is 12.1. The highest BCUT2D eigenvalue weighted by Crippen LogP contribution is 2.42. The summed E-state index contributed by atoms with van der Waals surface area (Å²) < 4.78 is 87.7. The first-order valence-corrected chi connectivity index (χ1v) is 10.7. The molecular weight excluding hydrogens is 444 g/mol. The molecule has 1 fully saturated rings. The summed E-state index contributed by atoms with van der Waals surface area (Å²) >= 11 is 0. The molecule has 0 spiro atoms. The number of piperidine rings is 1. The standard InChI is InChI=1S/C19H16F4N2O5S/c20-14-3-2-13(10-15(14)21)31(27,28)25-7-5-11(6-8-25)18(26)24-12-1-4-16-17(9-12)30-19(22,23)29-16/h1-4,9-11H,5-8H2,(H,24,26). The molecule has 0 bridgehead atoms. The zero-order chi connectivity index (χ0) is 22.4. The van der Waals surface area contributed by atoms with Gasteiger partial charge in [0.2, 0.25) is 15.9 Å². The lowest BCUT2D eigenvalue weighted by Gasteiger charge is -2.30. The van der Waals surface area contributed by atoms with Gasteiger partial charge in [0.15, 0.2) is 23.1 Å². The Morgan fingerprint density at radius 3 is 2.35 bits per heavy atom. The molecule has 12 heteroatoms. The molecule has 2 aromatic rings. The van der Waals surface area contributed by atoms with E-state index >= 15 is 0 Å². The van der Waals surface area contributed by atoms with Crippen LogP contribution in [0.25, 0.3) is 0 Å². The highest BCUT2D eigenvalue weighted by atomic mass is 32.2. The molecule has 0 atom stereocenters. The van der Waals surface area contributed by atoms with Crippen molar-refractivity contribution in [2.45, 2.75) is 24.0 Å². The van der Waals surface area contributed by atoms with Gasteiger partial charge in [-0.1, -0.05) is 0 Å². The first-order chi connectivity index (χ1) is 14.5. The molecule has 1 saturated heterocycles. The molecule has 166 valence electrons. The molecule has 0 saturated carbocycles. The average Bonchev–Trinajstić information content (AvgIpc) is 3.03. The number of amides is 1. The summed E-state index contributed by atoms with van der Waals surface area (Å²) in [6, 6.07) is 6.16. The van der Waals surface area contributed by atoms with Gasteiger partial charge in [0, 0.05) is 30.8 Å². The number of ether oxygens (including phenoxy) is 2. The minimum absolute atomic E-state index is 0.00672. The second-order valence-corrected chi connectivity index (χ2v) is 9.01. The van der Waals surface area contributed by atoms with Crippen molar-refractivity contribution in [1.82, 2.24) is 4.31 Å². The van der Waals surface area contributed by atoms with Crippen molar-refractivity contribution in [3.63, 3.8) is 0 Å². The van der Waals surface area contributed by atoms with Crippen LogP contribution < -0.4 is 14.8 Å². The molecule has 0 unspecified atom stereocenters. The maximum atomic E-state index is 13.4. The Bertz CT molecular complexity index is 1130. The van der Waals surface area contributed by atoms with Crippen molar-refractivity contribution >= 4 is 21.6 Å². The molecule has 0 radical (unpaired) electrons. The number of anilines is 1. The van der Waals surface area contributed by atoms with Crippen LogP contribution in [0.2, 0.25) is 0 Å². The fourth-order valence-electron chi connectivity index (χ4n) is 3.42. The fraction of sp³-hybridized carbons (Fsp3) is 0.316. The Hall–Kier alpha value is -2.86. The van der Waals surface area contributed by atoms with E-state index < -0.39 is 39.8 Å². The van der Waals surface area contributed by atoms with E-state index in [1.54, 1.807) is 0 Å². The van der Waals surface area contributed by atoms with Gasteiger partial charge in [-0.3, -0.25) is 4.79 Å². The lowest BCUT2D eigenvalue weighted by Crippen LogP contribution is -2.41. The molecule has 0 aliphatic carbocycles. The van der Waals surface area contributed by atoms with Gasteiger partial charge >= 0.3 is 6.29 Å². The minimum Gasteiger partial charge on any atom is -0.395 e. The van der Waals surface area contributed by atoms with Gasteiger partial charge in [0.05, 0.1) is 4.90 Å². The van der Waals surface area contributed by atoms with Crippen LogP contribution in [0.15, 0.2) is 41.3 Å². The smallest absolute Gasteiger partial charge is 0.395 e. The summed E-state index contributed by atoms with van der Waals surface area (Å²) in [5.74, 6) is -3.72. The molecule has 2 aliphatic heterocycles. The number of hydrogen-bond donors (Lipinski definition) is 1. The van der Waals surface area contributed by atoms with Crippen LogP contribution in [0.4, 0.5) is 23.2 Å². The third kappa shape index (κ3) is 4.30. The third-order valence-corrected chi connectivity index (χ3v) is 6.92. The van der Waals surface area contributed by atoms with E-state index in [1.165, 1.54) is 18.2 Å². The monoisotopic (exact) mass is 460 g/mol.